The fraction of sp³-hybridized carbons (Fsp3) is 0.323. The first kappa shape index (κ1) is 29.4. The van der Waals surface area contributed by atoms with E-state index in [0.717, 1.165) is 23.4 Å². The largest absolute Gasteiger partial charge is 0.481 e. The molecule has 0 aliphatic carbocycles. The Kier molecular flexibility index (Phi) is 8.25. The predicted octanol–water partition coefficient (Wildman–Crippen LogP) is 7.41. The average Bonchev–Trinajstić information content (AvgIpc) is 3.07. The summed E-state index contributed by atoms with van der Waals surface area (Å²) in [4.78, 5) is 17.6. The van der Waals surface area contributed by atoms with Crippen LogP contribution in [0.4, 0.5) is 19.0 Å². The molecule has 0 atom stereocenters. The molecule has 0 unspecified atom stereocenters. The number of rotatable bonds is 8. The number of hydrogen-bond donors (Lipinski definition) is 1. The van der Waals surface area contributed by atoms with Gasteiger partial charge in [0.15, 0.2) is 0 Å². The van der Waals surface area contributed by atoms with Crippen molar-refractivity contribution >= 4 is 11.8 Å². The van der Waals surface area contributed by atoms with Gasteiger partial charge in [-0.1, -0.05) is 52.5 Å². The topological polar surface area (TPSA) is 77.2 Å². The van der Waals surface area contributed by atoms with Gasteiger partial charge in [0.25, 0.3) is 0 Å². The number of nitriles is 1. The molecule has 39 heavy (non-hydrogen) atoms. The van der Waals surface area contributed by atoms with Crippen molar-refractivity contribution in [3.05, 3.63) is 107 Å². The molecule has 1 aliphatic heterocycles. The van der Waals surface area contributed by atoms with Crippen LogP contribution in [0.5, 0.6) is 0 Å². The number of alkyl halides is 3. The van der Waals surface area contributed by atoms with Crippen LogP contribution in [0, 0.1) is 18.3 Å². The molecule has 5 nitrogen and oxygen atoms in total. The molecule has 2 heterocycles. The highest BCUT2D eigenvalue weighted by atomic mass is 19.4. The van der Waals surface area contributed by atoms with E-state index in [-0.39, 0.29) is 13.0 Å². The molecule has 0 amide bonds. The molecule has 2 aromatic rings. The maximum absolute atomic E-state index is 13.3. The lowest BCUT2D eigenvalue weighted by Crippen LogP contribution is -2.28. The molecule has 1 aromatic carbocycles. The van der Waals surface area contributed by atoms with E-state index in [4.69, 9.17) is 0 Å². The molecule has 0 fully saturated rings. The van der Waals surface area contributed by atoms with E-state index >= 15 is 0 Å². The van der Waals surface area contributed by atoms with Gasteiger partial charge in [-0.2, -0.15) is 18.4 Å². The number of halogens is 3. The molecule has 3 rings (SSSR count). The standard InChI is InChI=1S/C31H32F3N3O2/c1-20-9-13-23(31(32,33)34)18-25(20)29(3,4)21(2)10-11-22(19-35)12-14-26-30(5,6)24-8-7-16-36-28(24)37(26)17-15-27(38)39/h7-14,16,18H,2,15,17H2,1,3-6H3,(H,38,39)/b11-10+,22-12-,26-14+. The van der Waals surface area contributed by atoms with Crippen LogP contribution in [0.1, 0.15) is 56.4 Å². The fourth-order valence-corrected chi connectivity index (χ4v) is 4.76. The van der Waals surface area contributed by atoms with E-state index in [2.05, 4.69) is 17.6 Å². The highest BCUT2D eigenvalue weighted by Crippen LogP contribution is 2.46. The van der Waals surface area contributed by atoms with Gasteiger partial charge in [-0.05, 0) is 60.1 Å². The zero-order chi connectivity index (χ0) is 29.2. The van der Waals surface area contributed by atoms with E-state index in [9.17, 15) is 28.3 Å². The van der Waals surface area contributed by atoms with Gasteiger partial charge in [0, 0.05) is 34.8 Å². The zero-order valence-electron chi connectivity index (χ0n) is 22.7. The average molecular weight is 536 g/mol. The minimum Gasteiger partial charge on any atom is -0.481 e. The Morgan fingerprint density at radius 3 is 2.54 bits per heavy atom. The number of aliphatic carboxylic acids is 1. The second kappa shape index (κ2) is 10.9. The molecule has 0 bridgehead atoms. The van der Waals surface area contributed by atoms with Crippen LogP contribution in [0.3, 0.4) is 0 Å². The Morgan fingerprint density at radius 1 is 1.23 bits per heavy atom. The van der Waals surface area contributed by atoms with Gasteiger partial charge < -0.3 is 10.0 Å². The number of pyridine rings is 1. The molecule has 204 valence electrons. The molecular formula is C31H32F3N3O2. The van der Waals surface area contributed by atoms with E-state index < -0.39 is 28.5 Å². The summed E-state index contributed by atoms with van der Waals surface area (Å²) in [5, 5.41) is 19.0. The van der Waals surface area contributed by atoms with Crippen LogP contribution in [0.25, 0.3) is 0 Å². The third-order valence-corrected chi connectivity index (χ3v) is 7.25. The summed E-state index contributed by atoms with van der Waals surface area (Å²) in [7, 11) is 0. The van der Waals surface area contributed by atoms with Crippen LogP contribution >= 0.6 is 0 Å². The SMILES string of the molecule is C=C(/C=C/C(C#N)=C/C=C1/N(CCC(=O)O)c2ncccc2C1(C)C)C(C)(C)c1cc(C(F)(F)F)ccc1C. The van der Waals surface area contributed by atoms with Gasteiger partial charge >= 0.3 is 12.1 Å². The number of allylic oxidation sites excluding steroid dienone is 7. The second-order valence-electron chi connectivity index (χ2n) is 10.6. The summed E-state index contributed by atoms with van der Waals surface area (Å²) >= 11 is 0. The smallest absolute Gasteiger partial charge is 0.416 e. The molecule has 1 aromatic heterocycles. The molecule has 0 saturated heterocycles. The van der Waals surface area contributed by atoms with Crippen LogP contribution in [-0.2, 0) is 21.8 Å². The highest BCUT2D eigenvalue weighted by Gasteiger charge is 2.40. The number of hydrogen-bond acceptors (Lipinski definition) is 4. The monoisotopic (exact) mass is 535 g/mol. The van der Waals surface area contributed by atoms with Crippen LogP contribution in [0.2, 0.25) is 0 Å². The first-order valence-electron chi connectivity index (χ1n) is 12.4. The quantitative estimate of drug-likeness (QED) is 0.281. The van der Waals surface area contributed by atoms with Crippen molar-refractivity contribution < 1.29 is 23.1 Å². The number of fused-ring (bicyclic) bond motifs is 1. The van der Waals surface area contributed by atoms with E-state index in [1.807, 2.05) is 30.9 Å². The van der Waals surface area contributed by atoms with Crippen molar-refractivity contribution in [2.45, 2.75) is 58.0 Å². The summed E-state index contributed by atoms with van der Waals surface area (Å²) in [6.45, 7) is 13.7. The minimum atomic E-state index is -4.46. The Bertz CT molecular complexity index is 1420. The maximum atomic E-state index is 13.3. The first-order valence-corrected chi connectivity index (χ1v) is 12.4. The third kappa shape index (κ3) is 6.14. The molecule has 8 heteroatoms. The van der Waals surface area contributed by atoms with Gasteiger partial charge in [-0.25, -0.2) is 4.98 Å². The number of carbonyl (C=O) groups is 1. The molecule has 1 aliphatic rings. The lowest BCUT2D eigenvalue weighted by molar-refractivity contribution is -0.138. The van der Waals surface area contributed by atoms with Crippen molar-refractivity contribution in [3.8, 4) is 6.07 Å². The van der Waals surface area contributed by atoms with E-state index in [1.54, 1.807) is 51.3 Å². The number of carboxylic acid groups (broad SMARTS) is 1. The van der Waals surface area contributed by atoms with Crippen LogP contribution in [0.15, 0.2) is 84.3 Å². The number of anilines is 1. The minimum absolute atomic E-state index is 0.0813. The number of carboxylic acids is 1. The summed E-state index contributed by atoms with van der Waals surface area (Å²) in [6.07, 6.45) is 3.78. The number of benzene rings is 1. The van der Waals surface area contributed by atoms with Gasteiger partial charge in [0.1, 0.15) is 5.82 Å². The number of nitrogens with zero attached hydrogens (tertiary/aromatic N) is 3. The van der Waals surface area contributed by atoms with Crippen molar-refractivity contribution in [1.29, 1.82) is 5.26 Å². The summed E-state index contributed by atoms with van der Waals surface area (Å²) < 4.78 is 40.0. The van der Waals surface area contributed by atoms with Gasteiger partial charge in [0.2, 0.25) is 0 Å². The molecule has 0 saturated carbocycles. The maximum Gasteiger partial charge on any atom is 0.416 e. The first-order chi connectivity index (χ1) is 18.1. The summed E-state index contributed by atoms with van der Waals surface area (Å²) in [5.41, 5.74) is 1.79. The highest BCUT2D eigenvalue weighted by molar-refractivity contribution is 5.71. The number of aromatic nitrogens is 1. The molecule has 0 radical (unpaired) electrons. The Morgan fingerprint density at radius 2 is 1.92 bits per heavy atom. The van der Waals surface area contributed by atoms with Crippen LogP contribution < -0.4 is 4.90 Å². The van der Waals surface area contributed by atoms with E-state index in [0.29, 0.717) is 28.1 Å². The van der Waals surface area contributed by atoms with Crippen molar-refractivity contribution in [3.63, 3.8) is 0 Å². The second-order valence-corrected chi connectivity index (χ2v) is 10.6. The fourth-order valence-electron chi connectivity index (χ4n) is 4.76. The van der Waals surface area contributed by atoms with Crippen LogP contribution in [-0.4, -0.2) is 22.6 Å². The van der Waals surface area contributed by atoms with Gasteiger partial charge in [-0.15, -0.1) is 0 Å². The molecule has 1 N–H and O–H groups in total. The van der Waals surface area contributed by atoms with Gasteiger partial charge in [0.05, 0.1) is 23.6 Å². The van der Waals surface area contributed by atoms with Crippen molar-refractivity contribution in [2.75, 3.05) is 11.4 Å². The van der Waals surface area contributed by atoms with Gasteiger partial charge in [-0.3, -0.25) is 4.79 Å². The predicted molar refractivity (Wildman–Crippen MR) is 146 cm³/mol. The molecular weight excluding hydrogens is 503 g/mol. The third-order valence-electron chi connectivity index (χ3n) is 7.25. The number of aryl methyl sites for hydroxylation is 1. The Hall–Kier alpha value is -4.12. The summed E-state index contributed by atoms with van der Waals surface area (Å²) in [6, 6.07) is 9.59. The Labute approximate surface area is 227 Å². The normalized spacial score (nSPS) is 16.4. The molecule has 0 spiro atoms. The lowest BCUT2D eigenvalue weighted by Gasteiger charge is -2.29. The van der Waals surface area contributed by atoms with E-state index in [1.165, 1.54) is 6.07 Å². The summed E-state index contributed by atoms with van der Waals surface area (Å²) in [5.74, 6) is -0.242. The van der Waals surface area contributed by atoms with Crippen molar-refractivity contribution in [1.82, 2.24) is 4.98 Å². The lowest BCUT2D eigenvalue weighted by atomic mass is 9.75. The van der Waals surface area contributed by atoms with Crippen molar-refractivity contribution in [2.24, 2.45) is 0 Å². The zero-order valence-corrected chi connectivity index (χ0v) is 22.7. The Balaban J connectivity index is 1.94.